The van der Waals surface area contributed by atoms with E-state index in [9.17, 15) is 14.4 Å². The third-order valence-electron chi connectivity index (χ3n) is 2.73. The molecule has 3 N–H and O–H groups in total. The molecule has 3 rings (SSSR count). The number of rotatable bonds is 2. The van der Waals surface area contributed by atoms with E-state index >= 15 is 0 Å². The van der Waals surface area contributed by atoms with Crippen molar-refractivity contribution in [3.8, 4) is 11.4 Å². The van der Waals surface area contributed by atoms with Gasteiger partial charge < -0.3 is 10.2 Å². The number of aromatic nitrogens is 3. The van der Waals surface area contributed by atoms with Gasteiger partial charge in [-0.1, -0.05) is 0 Å². The maximum absolute atomic E-state index is 11.3. The van der Waals surface area contributed by atoms with Gasteiger partial charge in [-0.05, 0) is 11.3 Å². The first-order valence-electron chi connectivity index (χ1n) is 6.56. The fourth-order valence-electron chi connectivity index (χ4n) is 1.65. The Kier molecular flexibility index (Phi) is 7.49. The van der Waals surface area contributed by atoms with Crippen molar-refractivity contribution in [2.45, 2.75) is 0 Å². The van der Waals surface area contributed by atoms with Gasteiger partial charge in [-0.2, -0.15) is 41.5 Å². The van der Waals surface area contributed by atoms with E-state index in [0.29, 0.717) is 5.69 Å². The summed E-state index contributed by atoms with van der Waals surface area (Å²) < 4.78 is 1.11. The van der Waals surface area contributed by atoms with E-state index in [1.807, 2.05) is 0 Å². The minimum Gasteiger partial charge on any atom is -0.533 e. The minimum absolute atomic E-state index is 0. The van der Waals surface area contributed by atoms with Crippen molar-refractivity contribution in [3.05, 3.63) is 87.2 Å². The smallest absolute Gasteiger partial charge is 0.533 e. The first kappa shape index (κ1) is 20.1. The molecule has 9 heteroatoms. The van der Waals surface area contributed by atoms with Gasteiger partial charge in [-0.15, -0.1) is 18.2 Å². The maximum Gasteiger partial charge on any atom is 2.00 e. The van der Waals surface area contributed by atoms with Crippen molar-refractivity contribution in [1.82, 2.24) is 14.8 Å². The van der Waals surface area contributed by atoms with Crippen LogP contribution in [0, 0.1) is 12.1 Å². The zero-order valence-electron chi connectivity index (χ0n) is 12.5. The van der Waals surface area contributed by atoms with Crippen LogP contribution in [0.1, 0.15) is 10.4 Å². The van der Waals surface area contributed by atoms with Crippen LogP contribution in [0.3, 0.4) is 0 Å². The van der Waals surface area contributed by atoms with Crippen molar-refractivity contribution < 1.29 is 36.1 Å². The van der Waals surface area contributed by atoms with Crippen LogP contribution in [0.15, 0.2) is 58.3 Å². The zero-order valence-corrected chi connectivity index (χ0v) is 15.5. The van der Waals surface area contributed by atoms with E-state index in [2.05, 4.69) is 22.2 Å². The number of hydrogen-bond acceptors (Lipinski definition) is 5. The molecule has 0 amide bonds. The van der Waals surface area contributed by atoms with Gasteiger partial charge in [0.1, 0.15) is 6.20 Å². The predicted molar refractivity (Wildman–Crippen MR) is 83.2 cm³/mol. The number of aromatic hydroxyl groups is 1. The number of carboxylic acid groups (broad SMARTS) is 1. The topological polar surface area (TPSA) is 125 Å². The molecule has 0 radical (unpaired) electrons. The molecule has 0 spiro atoms. The molecular weight excluding hydrogens is 498 g/mol. The average molecular weight is 509 g/mol. The van der Waals surface area contributed by atoms with E-state index < -0.39 is 17.2 Å². The largest absolute Gasteiger partial charge is 2.00 e. The van der Waals surface area contributed by atoms with E-state index in [1.165, 1.54) is 18.2 Å². The van der Waals surface area contributed by atoms with Crippen molar-refractivity contribution in [2.24, 2.45) is 0 Å². The van der Waals surface area contributed by atoms with Crippen molar-refractivity contribution in [3.63, 3.8) is 0 Å². The van der Waals surface area contributed by atoms with Gasteiger partial charge >= 0.3 is 26.8 Å². The first-order chi connectivity index (χ1) is 11.5. The Labute approximate surface area is 155 Å². The van der Waals surface area contributed by atoms with Gasteiger partial charge in [-0.3, -0.25) is 14.6 Å². The second kappa shape index (κ2) is 9.34. The van der Waals surface area contributed by atoms with Crippen molar-refractivity contribution in [2.75, 3.05) is 0 Å². The fourth-order valence-corrected chi connectivity index (χ4v) is 1.65. The number of hydrogen-bond donors (Lipinski definition) is 3. The van der Waals surface area contributed by atoms with Gasteiger partial charge in [-0.25, -0.2) is 9.48 Å². The number of nitrogens with one attached hydrogen (secondary N) is 1. The summed E-state index contributed by atoms with van der Waals surface area (Å²) in [4.78, 5) is 34.4. The van der Waals surface area contributed by atoms with Crippen LogP contribution in [-0.2, 0) is 21.1 Å². The van der Waals surface area contributed by atoms with Gasteiger partial charge in [0.05, 0.1) is 0 Å². The van der Waals surface area contributed by atoms with Crippen molar-refractivity contribution in [1.29, 1.82) is 0 Å². The summed E-state index contributed by atoms with van der Waals surface area (Å²) >= 11 is 0. The van der Waals surface area contributed by atoms with Gasteiger partial charge in [0.2, 0.25) is 0 Å². The Morgan fingerprint density at radius 1 is 1.12 bits per heavy atom. The fraction of sp³-hybridized carbons (Fsp3) is 0. The van der Waals surface area contributed by atoms with Crippen LogP contribution in [-0.4, -0.2) is 30.9 Å². The molecule has 1 heterocycles. The Bertz CT molecular complexity index is 953. The number of aromatic carboxylic acids is 1. The third-order valence-corrected chi connectivity index (χ3v) is 2.73. The average Bonchev–Trinajstić information content (AvgIpc) is 2.56. The molecule has 8 nitrogen and oxygen atoms in total. The summed E-state index contributed by atoms with van der Waals surface area (Å²) in [6, 6.07) is 16.0. The molecule has 3 aromatic rings. The van der Waals surface area contributed by atoms with E-state index in [1.54, 1.807) is 24.3 Å². The molecule has 0 unspecified atom stereocenters. The van der Waals surface area contributed by atoms with Gasteiger partial charge in [0.25, 0.3) is 11.5 Å². The number of carboxylic acids is 1. The summed E-state index contributed by atoms with van der Waals surface area (Å²) in [5.74, 6) is -1.37. The first-order valence-corrected chi connectivity index (χ1v) is 6.56. The molecule has 25 heavy (non-hydrogen) atoms. The minimum atomic E-state index is -1.14. The Morgan fingerprint density at radius 2 is 1.76 bits per heavy atom. The van der Waals surface area contributed by atoms with Crippen LogP contribution < -0.4 is 11.2 Å². The van der Waals surface area contributed by atoms with E-state index in [-0.39, 0.29) is 32.4 Å². The monoisotopic (exact) mass is 509 g/mol. The van der Waals surface area contributed by atoms with E-state index in [4.69, 9.17) is 10.2 Å². The van der Waals surface area contributed by atoms with Crippen molar-refractivity contribution >= 4 is 5.97 Å². The summed E-state index contributed by atoms with van der Waals surface area (Å²) in [5.41, 5.74) is -0.593. The van der Waals surface area contributed by atoms with Crippen LogP contribution in [0.5, 0.6) is 5.75 Å². The number of phenols is 1. The van der Waals surface area contributed by atoms with Crippen LogP contribution >= 0.6 is 0 Å². The normalized spacial score (nSPS) is 9.28. The van der Waals surface area contributed by atoms with E-state index in [0.717, 1.165) is 10.9 Å². The number of nitrogens with zero attached hydrogens (tertiary/aromatic N) is 2. The van der Waals surface area contributed by atoms with Crippen LogP contribution in [0.25, 0.3) is 5.69 Å². The van der Waals surface area contributed by atoms with Crippen LogP contribution in [0.4, 0.5) is 0 Å². The summed E-state index contributed by atoms with van der Waals surface area (Å²) in [6.45, 7) is 0. The number of H-pyrrole nitrogens is 1. The van der Waals surface area contributed by atoms with Crippen LogP contribution in [0.2, 0.25) is 0 Å². The maximum atomic E-state index is 11.3. The molecule has 0 bridgehead atoms. The quantitative estimate of drug-likeness (QED) is 0.435. The zero-order chi connectivity index (χ0) is 17.5. The second-order valence-corrected chi connectivity index (χ2v) is 4.36. The number of aromatic amines is 1. The number of benzene rings is 2. The Balaban J connectivity index is 0.000000254. The Hall–Kier alpha value is -2.99. The molecule has 0 aliphatic rings. The third kappa shape index (κ3) is 5.54. The molecule has 0 saturated heterocycles. The molecular formula is C16H11N3O5W. The summed E-state index contributed by atoms with van der Waals surface area (Å²) in [5, 5.41) is 21.0. The van der Waals surface area contributed by atoms with Gasteiger partial charge in [0.15, 0.2) is 0 Å². The number of carbonyl (C=O) groups is 1. The molecule has 0 aliphatic carbocycles. The molecule has 1 aromatic heterocycles. The molecule has 0 saturated carbocycles. The second-order valence-electron chi connectivity index (χ2n) is 4.36. The SMILES string of the molecule is O=C(O)c1c[c-]ccc1O.O=c1cnn(-c2cc[c-]cc2)c(=O)[nH]1.[W+2]. The molecule has 0 atom stereocenters. The Morgan fingerprint density at radius 3 is 2.28 bits per heavy atom. The molecule has 0 aliphatic heterocycles. The molecule has 2 aromatic carbocycles. The summed E-state index contributed by atoms with van der Waals surface area (Å²) in [6.07, 6.45) is 1.05. The standard InChI is InChI=1S/C9H6N3O2.C7H5O3.W/c13-8-6-10-12(9(14)11-8)7-4-2-1-3-5-7;8-6-4-2-1-3-5(6)7(9)10;/h2-6H,(H,11,13,14);2-4,8H,(H,9,10);/q2*-1;+2. The molecule has 0 fully saturated rings. The summed E-state index contributed by atoms with van der Waals surface area (Å²) in [7, 11) is 0. The predicted octanol–water partition coefficient (Wildman–Crippen LogP) is 0.609. The van der Waals surface area contributed by atoms with Gasteiger partial charge in [0, 0.05) is 5.75 Å². The molecule has 126 valence electrons.